The molecule has 1 aromatic carbocycles. The zero-order chi connectivity index (χ0) is 8.97. The van der Waals surface area contributed by atoms with Gasteiger partial charge in [0, 0.05) is 15.8 Å². The molecule has 12 heavy (non-hydrogen) atoms. The smallest absolute Gasteiger partial charge is 0.0447 e. The van der Waals surface area contributed by atoms with Crippen LogP contribution in [-0.2, 0) is 5.75 Å². The monoisotopic (exact) mass is 220 g/mol. The summed E-state index contributed by atoms with van der Waals surface area (Å²) in [4.78, 5) is 0. The van der Waals surface area contributed by atoms with Crippen molar-refractivity contribution in [3.05, 3.63) is 33.8 Å². The molecule has 0 radical (unpaired) electrons. The van der Waals surface area contributed by atoms with Gasteiger partial charge in [-0.2, -0.15) is 11.8 Å². The Morgan fingerprint density at radius 1 is 1.33 bits per heavy atom. The van der Waals surface area contributed by atoms with Gasteiger partial charge in [-0.3, -0.25) is 0 Å². The number of hydrogen-bond acceptors (Lipinski definition) is 1. The van der Waals surface area contributed by atoms with Crippen LogP contribution in [0.2, 0.25) is 10.0 Å². The van der Waals surface area contributed by atoms with E-state index in [1.165, 1.54) is 0 Å². The van der Waals surface area contributed by atoms with Crippen LogP contribution in [0.25, 0.3) is 0 Å². The van der Waals surface area contributed by atoms with E-state index < -0.39 is 0 Å². The van der Waals surface area contributed by atoms with E-state index >= 15 is 0 Å². The third-order valence-corrected chi connectivity index (χ3v) is 3.00. The van der Waals surface area contributed by atoms with Crippen molar-refractivity contribution in [3.63, 3.8) is 0 Å². The summed E-state index contributed by atoms with van der Waals surface area (Å²) in [5.41, 5.74) is 1.12. The van der Waals surface area contributed by atoms with Crippen molar-refractivity contribution in [1.29, 1.82) is 0 Å². The first-order valence-electron chi connectivity index (χ1n) is 3.75. The van der Waals surface area contributed by atoms with E-state index in [-0.39, 0.29) is 0 Å². The van der Waals surface area contributed by atoms with E-state index in [0.717, 1.165) is 27.1 Å². The SMILES string of the molecule is CCSCc1cc(Cl)ccc1Cl. The highest BCUT2D eigenvalue weighted by atomic mass is 35.5. The van der Waals surface area contributed by atoms with E-state index in [4.69, 9.17) is 23.2 Å². The molecule has 0 amide bonds. The molecular formula is C9H10Cl2S. The van der Waals surface area contributed by atoms with Crippen LogP contribution in [0.4, 0.5) is 0 Å². The van der Waals surface area contributed by atoms with Crippen molar-refractivity contribution < 1.29 is 0 Å². The van der Waals surface area contributed by atoms with Gasteiger partial charge in [-0.25, -0.2) is 0 Å². The minimum absolute atomic E-state index is 0.756. The molecule has 1 aromatic rings. The van der Waals surface area contributed by atoms with Crippen LogP contribution in [0.5, 0.6) is 0 Å². The van der Waals surface area contributed by atoms with Gasteiger partial charge in [0.05, 0.1) is 0 Å². The van der Waals surface area contributed by atoms with E-state index in [2.05, 4.69) is 6.92 Å². The van der Waals surface area contributed by atoms with E-state index in [9.17, 15) is 0 Å². The topological polar surface area (TPSA) is 0 Å². The molecule has 3 heteroatoms. The van der Waals surface area contributed by atoms with Gasteiger partial charge in [0.2, 0.25) is 0 Å². The van der Waals surface area contributed by atoms with Gasteiger partial charge in [-0.1, -0.05) is 30.1 Å². The van der Waals surface area contributed by atoms with Crippen molar-refractivity contribution in [2.45, 2.75) is 12.7 Å². The summed E-state index contributed by atoms with van der Waals surface area (Å²) in [6, 6.07) is 5.58. The lowest BCUT2D eigenvalue weighted by Crippen LogP contribution is -1.82. The Hall–Kier alpha value is 0.150. The second-order valence-corrected chi connectivity index (χ2v) is 4.49. The second-order valence-electron chi connectivity index (χ2n) is 2.37. The molecular weight excluding hydrogens is 211 g/mol. The largest absolute Gasteiger partial charge is 0.157 e. The fourth-order valence-electron chi connectivity index (χ4n) is 0.866. The molecule has 66 valence electrons. The van der Waals surface area contributed by atoms with Crippen LogP contribution in [0, 0.1) is 0 Å². The molecule has 0 aliphatic heterocycles. The van der Waals surface area contributed by atoms with Gasteiger partial charge < -0.3 is 0 Å². The quantitative estimate of drug-likeness (QED) is 0.735. The highest BCUT2D eigenvalue weighted by molar-refractivity contribution is 7.98. The summed E-state index contributed by atoms with van der Waals surface area (Å²) in [5.74, 6) is 2.04. The number of rotatable bonds is 3. The molecule has 0 aliphatic rings. The first-order valence-corrected chi connectivity index (χ1v) is 5.66. The predicted octanol–water partition coefficient (Wildman–Crippen LogP) is 4.25. The average molecular weight is 221 g/mol. The minimum Gasteiger partial charge on any atom is -0.157 e. The normalized spacial score (nSPS) is 10.2. The summed E-state index contributed by atoms with van der Waals surface area (Å²) in [6.45, 7) is 2.13. The lowest BCUT2D eigenvalue weighted by molar-refractivity contribution is 1.39. The molecule has 0 spiro atoms. The molecule has 0 saturated carbocycles. The number of halogens is 2. The fraction of sp³-hybridized carbons (Fsp3) is 0.333. The minimum atomic E-state index is 0.756. The van der Waals surface area contributed by atoms with Crippen LogP contribution >= 0.6 is 35.0 Å². The van der Waals surface area contributed by atoms with Gasteiger partial charge in [0.15, 0.2) is 0 Å². The summed E-state index contributed by atoms with van der Waals surface area (Å²) in [5, 5.41) is 1.56. The Kier molecular flexibility index (Phi) is 4.27. The maximum absolute atomic E-state index is 5.96. The Balaban J connectivity index is 2.75. The van der Waals surface area contributed by atoms with Crippen LogP contribution < -0.4 is 0 Å². The molecule has 0 saturated heterocycles. The maximum atomic E-state index is 5.96. The average Bonchev–Trinajstić information content (AvgIpc) is 2.07. The number of benzene rings is 1. The van der Waals surface area contributed by atoms with Crippen molar-refractivity contribution >= 4 is 35.0 Å². The first-order chi connectivity index (χ1) is 5.74. The van der Waals surface area contributed by atoms with Crippen LogP contribution in [0.15, 0.2) is 18.2 Å². The lowest BCUT2D eigenvalue weighted by Gasteiger charge is -2.02. The fourth-order valence-corrected chi connectivity index (χ4v) is 1.99. The molecule has 0 aliphatic carbocycles. The Morgan fingerprint density at radius 3 is 2.75 bits per heavy atom. The third-order valence-electron chi connectivity index (χ3n) is 1.47. The van der Waals surface area contributed by atoms with Crippen molar-refractivity contribution in [2.24, 2.45) is 0 Å². The Bertz CT molecular complexity index is 261. The van der Waals surface area contributed by atoms with Gasteiger partial charge in [0.25, 0.3) is 0 Å². The molecule has 0 nitrogen and oxygen atoms in total. The van der Waals surface area contributed by atoms with Gasteiger partial charge in [-0.15, -0.1) is 0 Å². The molecule has 0 bridgehead atoms. The van der Waals surface area contributed by atoms with Crippen molar-refractivity contribution in [3.8, 4) is 0 Å². The second kappa shape index (κ2) is 5.00. The van der Waals surface area contributed by atoms with Crippen LogP contribution in [0.3, 0.4) is 0 Å². The molecule has 0 N–H and O–H groups in total. The summed E-state index contributed by atoms with van der Waals surface area (Å²) in [7, 11) is 0. The van der Waals surface area contributed by atoms with Crippen molar-refractivity contribution in [2.75, 3.05) is 5.75 Å². The molecule has 0 atom stereocenters. The lowest BCUT2D eigenvalue weighted by atomic mass is 10.2. The molecule has 0 heterocycles. The van der Waals surface area contributed by atoms with Crippen LogP contribution in [0.1, 0.15) is 12.5 Å². The Morgan fingerprint density at radius 2 is 2.08 bits per heavy atom. The third kappa shape index (κ3) is 2.89. The van der Waals surface area contributed by atoms with Crippen molar-refractivity contribution in [1.82, 2.24) is 0 Å². The van der Waals surface area contributed by atoms with Gasteiger partial charge in [-0.05, 0) is 29.5 Å². The highest BCUT2D eigenvalue weighted by Crippen LogP contribution is 2.24. The standard InChI is InChI=1S/C9H10Cl2S/c1-2-12-6-7-5-8(10)3-4-9(7)11/h3-5H,2,6H2,1H3. The first kappa shape index (κ1) is 10.2. The van der Waals surface area contributed by atoms with Gasteiger partial charge >= 0.3 is 0 Å². The zero-order valence-electron chi connectivity index (χ0n) is 6.81. The van der Waals surface area contributed by atoms with Crippen LogP contribution in [-0.4, -0.2) is 5.75 Å². The summed E-state index contributed by atoms with van der Waals surface area (Å²) < 4.78 is 0. The predicted molar refractivity (Wildman–Crippen MR) is 58.3 cm³/mol. The molecule has 1 rings (SSSR count). The summed E-state index contributed by atoms with van der Waals surface area (Å²) in [6.07, 6.45) is 0. The number of thioether (sulfide) groups is 1. The molecule has 0 aromatic heterocycles. The molecule has 0 fully saturated rings. The van der Waals surface area contributed by atoms with Gasteiger partial charge in [0.1, 0.15) is 0 Å². The number of hydrogen-bond donors (Lipinski definition) is 0. The zero-order valence-corrected chi connectivity index (χ0v) is 9.14. The maximum Gasteiger partial charge on any atom is 0.0447 e. The molecule has 0 unspecified atom stereocenters. The van der Waals surface area contributed by atoms with E-state index in [1.54, 1.807) is 0 Å². The van der Waals surface area contributed by atoms with E-state index in [1.807, 2.05) is 30.0 Å². The van der Waals surface area contributed by atoms with E-state index in [0.29, 0.717) is 0 Å². The summed E-state index contributed by atoms with van der Waals surface area (Å²) >= 11 is 13.6. The Labute approximate surface area is 87.3 Å². The highest BCUT2D eigenvalue weighted by Gasteiger charge is 2.00.